The molecule has 0 amide bonds. The van der Waals surface area contributed by atoms with Crippen molar-refractivity contribution >= 4 is 5.69 Å². The van der Waals surface area contributed by atoms with Gasteiger partial charge in [0.25, 0.3) is 0 Å². The van der Waals surface area contributed by atoms with Gasteiger partial charge in [0.15, 0.2) is 0 Å². The van der Waals surface area contributed by atoms with Gasteiger partial charge < -0.3 is 10.1 Å². The van der Waals surface area contributed by atoms with Crippen molar-refractivity contribution in [3.05, 3.63) is 11.4 Å². The highest BCUT2D eigenvalue weighted by Crippen LogP contribution is 2.25. The van der Waals surface area contributed by atoms with Crippen molar-refractivity contribution in [2.24, 2.45) is 7.05 Å². The first-order valence-corrected chi connectivity index (χ1v) is 7.00. The van der Waals surface area contributed by atoms with E-state index in [0.717, 1.165) is 25.1 Å². The van der Waals surface area contributed by atoms with Crippen molar-refractivity contribution in [2.45, 2.75) is 58.6 Å². The topological polar surface area (TPSA) is 39.1 Å². The standard InChI is InChI=1S/C14H25N3O/c1-5-6-13-9-12(7-8-18-13)15-14-10(2)16-17(4)11(14)3/h12-13,15H,5-9H2,1-4H3. The molecule has 4 nitrogen and oxygen atoms in total. The van der Waals surface area contributed by atoms with Crippen LogP contribution in [-0.4, -0.2) is 28.5 Å². The van der Waals surface area contributed by atoms with Gasteiger partial charge >= 0.3 is 0 Å². The van der Waals surface area contributed by atoms with Crippen molar-refractivity contribution in [1.82, 2.24) is 9.78 Å². The summed E-state index contributed by atoms with van der Waals surface area (Å²) < 4.78 is 7.74. The first kappa shape index (κ1) is 13.4. The number of aromatic nitrogens is 2. The van der Waals surface area contributed by atoms with Crippen LogP contribution >= 0.6 is 0 Å². The lowest BCUT2D eigenvalue weighted by Crippen LogP contribution is -2.34. The van der Waals surface area contributed by atoms with Crippen LogP contribution in [0.2, 0.25) is 0 Å². The number of hydrogen-bond acceptors (Lipinski definition) is 3. The van der Waals surface area contributed by atoms with E-state index in [1.54, 1.807) is 0 Å². The SMILES string of the molecule is CCCC1CC(Nc2c(C)nn(C)c2C)CCO1. The summed E-state index contributed by atoms with van der Waals surface area (Å²) in [6.07, 6.45) is 5.00. The second-order valence-corrected chi connectivity index (χ2v) is 5.32. The zero-order chi connectivity index (χ0) is 13.1. The summed E-state index contributed by atoms with van der Waals surface area (Å²) in [7, 11) is 2.00. The van der Waals surface area contributed by atoms with Gasteiger partial charge in [-0.05, 0) is 33.1 Å². The maximum Gasteiger partial charge on any atom is 0.0827 e. The average Bonchev–Trinajstić information content (AvgIpc) is 2.57. The van der Waals surface area contributed by atoms with Crippen LogP contribution in [-0.2, 0) is 11.8 Å². The highest BCUT2D eigenvalue weighted by molar-refractivity contribution is 5.52. The Balaban J connectivity index is 2.00. The molecule has 1 aromatic rings. The molecule has 1 saturated heterocycles. The van der Waals surface area contributed by atoms with E-state index in [1.807, 2.05) is 11.7 Å². The van der Waals surface area contributed by atoms with Crippen LogP contribution in [0.25, 0.3) is 0 Å². The Morgan fingerprint density at radius 2 is 2.22 bits per heavy atom. The van der Waals surface area contributed by atoms with Gasteiger partial charge in [-0.2, -0.15) is 5.10 Å². The Morgan fingerprint density at radius 3 is 2.83 bits per heavy atom. The summed E-state index contributed by atoms with van der Waals surface area (Å²) in [6.45, 7) is 7.28. The Bertz CT molecular complexity index is 398. The van der Waals surface area contributed by atoms with Gasteiger partial charge in [-0.1, -0.05) is 13.3 Å². The third-order valence-corrected chi connectivity index (χ3v) is 3.84. The fourth-order valence-corrected chi connectivity index (χ4v) is 2.72. The zero-order valence-electron chi connectivity index (χ0n) is 12.0. The molecule has 18 heavy (non-hydrogen) atoms. The molecule has 0 radical (unpaired) electrons. The van der Waals surface area contributed by atoms with Gasteiger partial charge in [-0.15, -0.1) is 0 Å². The molecule has 0 aromatic carbocycles. The minimum atomic E-state index is 0.429. The van der Waals surface area contributed by atoms with Crippen LogP contribution in [0.4, 0.5) is 5.69 Å². The van der Waals surface area contributed by atoms with Crippen LogP contribution in [0, 0.1) is 13.8 Å². The first-order valence-electron chi connectivity index (χ1n) is 7.00. The lowest BCUT2D eigenvalue weighted by Gasteiger charge is -2.30. The maximum atomic E-state index is 5.79. The highest BCUT2D eigenvalue weighted by atomic mass is 16.5. The molecule has 1 aromatic heterocycles. The number of nitrogens with zero attached hydrogens (tertiary/aromatic N) is 2. The third-order valence-electron chi connectivity index (χ3n) is 3.84. The van der Waals surface area contributed by atoms with E-state index >= 15 is 0 Å². The number of anilines is 1. The summed E-state index contributed by atoms with van der Waals surface area (Å²) in [5.74, 6) is 0. The van der Waals surface area contributed by atoms with Crippen molar-refractivity contribution < 1.29 is 4.74 Å². The van der Waals surface area contributed by atoms with Crippen molar-refractivity contribution in [2.75, 3.05) is 11.9 Å². The molecule has 1 fully saturated rings. The smallest absolute Gasteiger partial charge is 0.0827 e. The highest BCUT2D eigenvalue weighted by Gasteiger charge is 2.23. The van der Waals surface area contributed by atoms with Gasteiger partial charge in [0, 0.05) is 19.7 Å². The minimum absolute atomic E-state index is 0.429. The summed E-state index contributed by atoms with van der Waals surface area (Å²) in [5.41, 5.74) is 3.51. The van der Waals surface area contributed by atoms with Crippen LogP contribution in [0.1, 0.15) is 44.0 Å². The molecule has 0 spiro atoms. The molecular formula is C14H25N3O. The molecule has 1 aliphatic heterocycles. The largest absolute Gasteiger partial charge is 0.379 e. The Hall–Kier alpha value is -1.03. The van der Waals surface area contributed by atoms with Crippen molar-refractivity contribution in [1.29, 1.82) is 0 Å². The van der Waals surface area contributed by atoms with Gasteiger partial charge in [-0.3, -0.25) is 4.68 Å². The molecule has 102 valence electrons. The number of nitrogens with one attached hydrogen (secondary N) is 1. The summed E-state index contributed by atoms with van der Waals surface area (Å²) >= 11 is 0. The first-order chi connectivity index (χ1) is 8.61. The van der Waals surface area contributed by atoms with E-state index in [9.17, 15) is 0 Å². The van der Waals surface area contributed by atoms with Crippen molar-refractivity contribution in [3.8, 4) is 0 Å². The molecule has 2 rings (SSSR count). The fraction of sp³-hybridized carbons (Fsp3) is 0.786. The Labute approximate surface area is 110 Å². The van der Waals surface area contributed by atoms with Crippen LogP contribution in [0.3, 0.4) is 0 Å². The minimum Gasteiger partial charge on any atom is -0.379 e. The molecule has 2 heterocycles. The molecule has 0 aliphatic carbocycles. The van der Waals surface area contributed by atoms with E-state index in [2.05, 4.69) is 31.2 Å². The third kappa shape index (κ3) is 2.86. The second-order valence-electron chi connectivity index (χ2n) is 5.32. The number of hydrogen-bond donors (Lipinski definition) is 1. The summed E-state index contributed by atoms with van der Waals surface area (Å²) in [5, 5.41) is 8.12. The van der Waals surface area contributed by atoms with E-state index in [0.29, 0.717) is 12.1 Å². The molecule has 1 N–H and O–H groups in total. The van der Waals surface area contributed by atoms with E-state index in [-0.39, 0.29) is 0 Å². The van der Waals surface area contributed by atoms with Crippen LogP contribution in [0.5, 0.6) is 0 Å². The lowest BCUT2D eigenvalue weighted by molar-refractivity contribution is 0.00596. The predicted molar refractivity (Wildman–Crippen MR) is 74.0 cm³/mol. The molecule has 1 aliphatic rings. The zero-order valence-corrected chi connectivity index (χ0v) is 12.0. The second kappa shape index (κ2) is 5.74. The molecule has 2 atom stereocenters. The predicted octanol–water partition coefficient (Wildman–Crippen LogP) is 2.80. The van der Waals surface area contributed by atoms with Gasteiger partial charge in [0.2, 0.25) is 0 Å². The van der Waals surface area contributed by atoms with E-state index < -0.39 is 0 Å². The monoisotopic (exact) mass is 251 g/mol. The lowest BCUT2D eigenvalue weighted by atomic mass is 9.99. The van der Waals surface area contributed by atoms with Crippen molar-refractivity contribution in [3.63, 3.8) is 0 Å². The van der Waals surface area contributed by atoms with E-state index in [1.165, 1.54) is 24.2 Å². The summed E-state index contributed by atoms with van der Waals surface area (Å²) in [6, 6.07) is 0.525. The fourth-order valence-electron chi connectivity index (χ4n) is 2.72. The summed E-state index contributed by atoms with van der Waals surface area (Å²) in [4.78, 5) is 0. The number of ether oxygens (including phenoxy) is 1. The van der Waals surface area contributed by atoms with Crippen LogP contribution in [0.15, 0.2) is 0 Å². The Kier molecular flexibility index (Phi) is 4.27. The number of rotatable bonds is 4. The Morgan fingerprint density at radius 1 is 1.44 bits per heavy atom. The molecule has 0 saturated carbocycles. The maximum absolute atomic E-state index is 5.79. The molecular weight excluding hydrogens is 226 g/mol. The van der Waals surface area contributed by atoms with Gasteiger partial charge in [0.1, 0.15) is 0 Å². The van der Waals surface area contributed by atoms with E-state index in [4.69, 9.17) is 4.74 Å². The molecule has 2 unspecified atom stereocenters. The molecule has 0 bridgehead atoms. The van der Waals surface area contributed by atoms with Gasteiger partial charge in [-0.25, -0.2) is 0 Å². The molecule has 4 heteroatoms. The van der Waals surface area contributed by atoms with Crippen LogP contribution < -0.4 is 5.32 Å². The average molecular weight is 251 g/mol. The quantitative estimate of drug-likeness (QED) is 0.894. The van der Waals surface area contributed by atoms with Gasteiger partial charge in [0.05, 0.1) is 23.2 Å². The normalized spacial score (nSPS) is 24.2. The number of aryl methyl sites for hydroxylation is 2.